The molecule has 1 atom stereocenters. The normalized spacial score (nSPS) is 12.5. The Kier molecular flexibility index (Phi) is 4.22. The van der Waals surface area contributed by atoms with Gasteiger partial charge in [0.25, 0.3) is 0 Å². The first-order valence-corrected chi connectivity index (χ1v) is 7.43. The van der Waals surface area contributed by atoms with Crippen molar-refractivity contribution in [2.24, 2.45) is 0 Å². The Balaban J connectivity index is 2.15. The zero-order valence-corrected chi connectivity index (χ0v) is 13.0. The minimum atomic E-state index is -0.242. The molecule has 0 amide bonds. The molecule has 1 N–H and O–H groups in total. The fourth-order valence-corrected chi connectivity index (χ4v) is 3.36. The molecule has 0 saturated heterocycles. The van der Waals surface area contributed by atoms with Crippen LogP contribution < -0.4 is 5.32 Å². The summed E-state index contributed by atoms with van der Waals surface area (Å²) < 4.78 is 14.8. The standard InChI is InChI=1S/C12H10Br2FNS/c1-7(11-4-5-12(14)17-11)16-10-3-2-8(15)6-9(10)13/h2-7,16H,1H3. The second-order valence-electron chi connectivity index (χ2n) is 3.63. The maximum Gasteiger partial charge on any atom is 0.124 e. The first-order valence-electron chi connectivity index (χ1n) is 5.03. The molecule has 1 nitrogen and oxygen atoms in total. The molecule has 1 heterocycles. The molecule has 0 fully saturated rings. The van der Waals surface area contributed by atoms with Gasteiger partial charge in [0, 0.05) is 15.0 Å². The summed E-state index contributed by atoms with van der Waals surface area (Å²) in [6, 6.07) is 8.93. The lowest BCUT2D eigenvalue weighted by atomic mass is 10.2. The SMILES string of the molecule is CC(Nc1ccc(F)cc1Br)c1ccc(Br)s1. The number of rotatable bonds is 3. The van der Waals surface area contributed by atoms with E-state index in [1.165, 1.54) is 17.0 Å². The van der Waals surface area contributed by atoms with E-state index in [9.17, 15) is 4.39 Å². The summed E-state index contributed by atoms with van der Waals surface area (Å²) in [5, 5.41) is 3.34. The van der Waals surface area contributed by atoms with Gasteiger partial charge in [-0.3, -0.25) is 0 Å². The van der Waals surface area contributed by atoms with Crippen molar-refractivity contribution >= 4 is 48.9 Å². The van der Waals surface area contributed by atoms with Gasteiger partial charge in [0.2, 0.25) is 0 Å². The fourth-order valence-electron chi connectivity index (χ4n) is 1.47. The Morgan fingerprint density at radius 3 is 2.59 bits per heavy atom. The van der Waals surface area contributed by atoms with Crippen LogP contribution in [-0.4, -0.2) is 0 Å². The maximum absolute atomic E-state index is 12.9. The predicted molar refractivity (Wildman–Crippen MR) is 78.2 cm³/mol. The molecule has 0 saturated carbocycles. The summed E-state index contributed by atoms with van der Waals surface area (Å²) >= 11 is 8.48. The van der Waals surface area contributed by atoms with E-state index >= 15 is 0 Å². The molecular weight excluding hydrogens is 369 g/mol. The molecule has 1 unspecified atom stereocenters. The lowest BCUT2D eigenvalue weighted by Gasteiger charge is -2.15. The molecule has 17 heavy (non-hydrogen) atoms. The van der Waals surface area contributed by atoms with Gasteiger partial charge >= 0.3 is 0 Å². The zero-order chi connectivity index (χ0) is 12.4. The second kappa shape index (κ2) is 5.50. The maximum atomic E-state index is 12.9. The fraction of sp³-hybridized carbons (Fsp3) is 0.167. The first-order chi connectivity index (χ1) is 8.06. The smallest absolute Gasteiger partial charge is 0.124 e. The van der Waals surface area contributed by atoms with Crippen LogP contribution in [-0.2, 0) is 0 Å². The van der Waals surface area contributed by atoms with Crippen molar-refractivity contribution in [2.45, 2.75) is 13.0 Å². The van der Waals surface area contributed by atoms with E-state index in [1.54, 1.807) is 17.4 Å². The van der Waals surface area contributed by atoms with Gasteiger partial charge in [-0.15, -0.1) is 11.3 Å². The van der Waals surface area contributed by atoms with Crippen molar-refractivity contribution in [2.75, 3.05) is 5.32 Å². The Labute approximate surface area is 120 Å². The second-order valence-corrected chi connectivity index (χ2v) is 6.98. The van der Waals surface area contributed by atoms with E-state index in [-0.39, 0.29) is 11.9 Å². The molecule has 0 aliphatic heterocycles. The summed E-state index contributed by atoms with van der Waals surface area (Å²) in [5.74, 6) is -0.242. The summed E-state index contributed by atoms with van der Waals surface area (Å²) in [5.41, 5.74) is 0.892. The third-order valence-corrected chi connectivity index (χ3v) is 4.79. The van der Waals surface area contributed by atoms with Crippen LogP contribution in [0.15, 0.2) is 38.6 Å². The van der Waals surface area contributed by atoms with E-state index in [0.717, 1.165) is 13.9 Å². The van der Waals surface area contributed by atoms with Crippen LogP contribution in [0.4, 0.5) is 10.1 Å². The van der Waals surface area contributed by atoms with Crippen LogP contribution in [0, 0.1) is 5.82 Å². The van der Waals surface area contributed by atoms with E-state index in [2.05, 4.69) is 50.2 Å². The quantitative estimate of drug-likeness (QED) is 0.734. The van der Waals surface area contributed by atoms with Crippen LogP contribution in [0.3, 0.4) is 0 Å². The highest BCUT2D eigenvalue weighted by atomic mass is 79.9. The van der Waals surface area contributed by atoms with E-state index < -0.39 is 0 Å². The van der Waals surface area contributed by atoms with Crippen molar-refractivity contribution in [1.82, 2.24) is 0 Å². The highest BCUT2D eigenvalue weighted by Crippen LogP contribution is 2.31. The van der Waals surface area contributed by atoms with Crippen LogP contribution in [0.5, 0.6) is 0 Å². The van der Waals surface area contributed by atoms with E-state index in [1.807, 2.05) is 6.07 Å². The highest BCUT2D eigenvalue weighted by Gasteiger charge is 2.10. The molecule has 0 aliphatic carbocycles. The Hall–Kier alpha value is -0.390. The lowest BCUT2D eigenvalue weighted by Crippen LogP contribution is -2.05. The van der Waals surface area contributed by atoms with Gasteiger partial charge in [-0.1, -0.05) is 0 Å². The van der Waals surface area contributed by atoms with E-state index in [4.69, 9.17) is 0 Å². The molecule has 2 rings (SSSR count). The monoisotopic (exact) mass is 377 g/mol. The minimum absolute atomic E-state index is 0.188. The average Bonchev–Trinajstić information content (AvgIpc) is 2.69. The Morgan fingerprint density at radius 2 is 2.00 bits per heavy atom. The molecule has 5 heteroatoms. The Morgan fingerprint density at radius 1 is 1.24 bits per heavy atom. The van der Waals surface area contributed by atoms with Crippen LogP contribution in [0.1, 0.15) is 17.8 Å². The molecule has 0 aliphatic rings. The number of nitrogens with one attached hydrogen (secondary N) is 1. The topological polar surface area (TPSA) is 12.0 Å². The lowest BCUT2D eigenvalue weighted by molar-refractivity contribution is 0.627. The van der Waals surface area contributed by atoms with Gasteiger partial charge < -0.3 is 5.32 Å². The summed E-state index contributed by atoms with van der Waals surface area (Å²) in [6.45, 7) is 2.08. The van der Waals surface area contributed by atoms with Crippen molar-refractivity contribution in [3.8, 4) is 0 Å². The molecule has 1 aromatic carbocycles. The molecule has 0 radical (unpaired) electrons. The van der Waals surface area contributed by atoms with Crippen LogP contribution >= 0.6 is 43.2 Å². The van der Waals surface area contributed by atoms with Gasteiger partial charge in [0.05, 0.1) is 9.83 Å². The third kappa shape index (κ3) is 3.30. The van der Waals surface area contributed by atoms with Crippen molar-refractivity contribution < 1.29 is 4.39 Å². The summed E-state index contributed by atoms with van der Waals surface area (Å²) in [7, 11) is 0. The number of hydrogen-bond donors (Lipinski definition) is 1. The molecule has 0 bridgehead atoms. The van der Waals surface area contributed by atoms with Crippen LogP contribution in [0.25, 0.3) is 0 Å². The minimum Gasteiger partial charge on any atom is -0.377 e. The van der Waals surface area contributed by atoms with Crippen LogP contribution in [0.2, 0.25) is 0 Å². The van der Waals surface area contributed by atoms with Gasteiger partial charge in [0.1, 0.15) is 5.82 Å². The van der Waals surface area contributed by atoms with Gasteiger partial charge in [-0.2, -0.15) is 0 Å². The number of halogens is 3. The van der Waals surface area contributed by atoms with Crippen molar-refractivity contribution in [3.05, 3.63) is 49.3 Å². The van der Waals surface area contributed by atoms with Crippen molar-refractivity contribution in [1.29, 1.82) is 0 Å². The average molecular weight is 379 g/mol. The number of hydrogen-bond acceptors (Lipinski definition) is 2. The zero-order valence-electron chi connectivity index (χ0n) is 9.01. The van der Waals surface area contributed by atoms with Gasteiger partial charge in [-0.25, -0.2) is 4.39 Å². The van der Waals surface area contributed by atoms with Crippen molar-refractivity contribution in [3.63, 3.8) is 0 Å². The summed E-state index contributed by atoms with van der Waals surface area (Å²) in [6.07, 6.45) is 0. The molecular formula is C12H10Br2FNS. The largest absolute Gasteiger partial charge is 0.377 e. The molecule has 0 spiro atoms. The number of benzene rings is 1. The molecule has 90 valence electrons. The number of thiophene rings is 1. The van der Waals surface area contributed by atoms with E-state index in [0.29, 0.717) is 0 Å². The Bertz CT molecular complexity index is 527. The predicted octanol–water partition coefficient (Wildman–Crippen LogP) is 5.59. The van der Waals surface area contributed by atoms with Gasteiger partial charge in [0.15, 0.2) is 0 Å². The van der Waals surface area contributed by atoms with Gasteiger partial charge in [-0.05, 0) is 69.1 Å². The highest BCUT2D eigenvalue weighted by molar-refractivity contribution is 9.11. The molecule has 2 aromatic rings. The number of anilines is 1. The third-order valence-electron chi connectivity index (χ3n) is 2.32. The molecule has 1 aromatic heterocycles. The summed E-state index contributed by atoms with van der Waals surface area (Å²) in [4.78, 5) is 1.23. The first kappa shape index (κ1) is 13.1.